The summed E-state index contributed by atoms with van der Waals surface area (Å²) >= 11 is 0. The highest BCUT2D eigenvalue weighted by Crippen LogP contribution is 2.31. The number of rotatable bonds is 2. The molecule has 1 aliphatic heterocycles. The van der Waals surface area contributed by atoms with Gasteiger partial charge in [-0.15, -0.1) is 0 Å². The topological polar surface area (TPSA) is 61.0 Å². The number of halogens is 1. The molecule has 0 saturated carbocycles. The van der Waals surface area contributed by atoms with Gasteiger partial charge in [0.15, 0.2) is 0 Å². The lowest BCUT2D eigenvalue weighted by Crippen LogP contribution is -2.45. The molecule has 2 aliphatic rings. The number of aromatic amines is 1. The molecule has 5 nitrogen and oxygen atoms in total. The van der Waals surface area contributed by atoms with E-state index >= 15 is 0 Å². The standard InChI is InChI=1S/C19H23FN4O/c20-15-5-4-13-2-1-3-18(16(13)12-15)22-19(25)24-10-7-14(8-11-24)17-6-9-21-23-17/h4-6,9,12,14,18H,1-3,7-8,10-11H2,(H,21,23)(H,22,25). The Morgan fingerprint density at radius 2 is 2.08 bits per heavy atom. The van der Waals surface area contributed by atoms with Crippen molar-refractivity contribution in [3.8, 4) is 0 Å². The maximum absolute atomic E-state index is 13.6. The van der Waals surface area contributed by atoms with Crippen LogP contribution in [0.2, 0.25) is 0 Å². The van der Waals surface area contributed by atoms with Gasteiger partial charge in [0.05, 0.1) is 6.04 Å². The van der Waals surface area contributed by atoms with E-state index in [1.165, 1.54) is 6.07 Å². The predicted molar refractivity (Wildman–Crippen MR) is 92.7 cm³/mol. The number of benzene rings is 1. The first-order valence-corrected chi connectivity index (χ1v) is 9.04. The molecule has 2 N–H and O–H groups in total. The second kappa shape index (κ2) is 6.86. The van der Waals surface area contributed by atoms with Gasteiger partial charge in [-0.05, 0) is 61.4 Å². The molecule has 6 heteroatoms. The number of aromatic nitrogens is 2. The maximum atomic E-state index is 13.6. The zero-order chi connectivity index (χ0) is 17.2. The van der Waals surface area contributed by atoms with Gasteiger partial charge in [-0.2, -0.15) is 5.10 Å². The van der Waals surface area contributed by atoms with Gasteiger partial charge in [-0.1, -0.05) is 6.07 Å². The molecule has 2 aromatic rings. The Hall–Kier alpha value is -2.37. The number of likely N-dealkylation sites (tertiary alicyclic amines) is 1. The first-order valence-electron chi connectivity index (χ1n) is 9.04. The van der Waals surface area contributed by atoms with Gasteiger partial charge in [0.25, 0.3) is 0 Å². The summed E-state index contributed by atoms with van der Waals surface area (Å²) in [6.07, 6.45) is 6.49. The summed E-state index contributed by atoms with van der Waals surface area (Å²) in [5.74, 6) is 0.205. The molecule has 1 atom stereocenters. The molecular weight excluding hydrogens is 319 g/mol. The lowest BCUT2D eigenvalue weighted by Gasteiger charge is -2.34. The van der Waals surface area contributed by atoms with Crippen molar-refractivity contribution >= 4 is 6.03 Å². The van der Waals surface area contributed by atoms with Crippen molar-refractivity contribution in [2.75, 3.05) is 13.1 Å². The number of carbonyl (C=O) groups excluding carboxylic acids is 1. The number of carbonyl (C=O) groups is 1. The fourth-order valence-corrected chi connectivity index (χ4v) is 4.05. The Labute approximate surface area is 146 Å². The van der Waals surface area contributed by atoms with Crippen LogP contribution in [-0.4, -0.2) is 34.2 Å². The normalized spacial score (nSPS) is 21.0. The smallest absolute Gasteiger partial charge is 0.317 e. The number of H-pyrrole nitrogens is 1. The molecule has 4 rings (SSSR count). The van der Waals surface area contributed by atoms with Crippen LogP contribution in [-0.2, 0) is 6.42 Å². The molecule has 1 aromatic carbocycles. The van der Waals surface area contributed by atoms with Crippen LogP contribution in [0.3, 0.4) is 0 Å². The summed E-state index contributed by atoms with van der Waals surface area (Å²) in [6, 6.07) is 6.81. The van der Waals surface area contributed by atoms with Gasteiger partial charge < -0.3 is 10.2 Å². The first kappa shape index (κ1) is 16.1. The maximum Gasteiger partial charge on any atom is 0.317 e. The van der Waals surface area contributed by atoms with Gasteiger partial charge in [0.1, 0.15) is 5.82 Å². The molecule has 1 unspecified atom stereocenters. The zero-order valence-electron chi connectivity index (χ0n) is 14.2. The van der Waals surface area contributed by atoms with Crippen molar-refractivity contribution < 1.29 is 9.18 Å². The SMILES string of the molecule is O=C(NC1CCCc2ccc(F)cc21)N1CCC(c2ccn[nH]2)CC1. The fraction of sp³-hybridized carbons (Fsp3) is 0.474. The van der Waals surface area contributed by atoms with Crippen LogP contribution in [0, 0.1) is 5.82 Å². The van der Waals surface area contributed by atoms with Crippen molar-refractivity contribution in [2.45, 2.75) is 44.1 Å². The molecule has 0 spiro atoms. The summed E-state index contributed by atoms with van der Waals surface area (Å²) in [7, 11) is 0. The van der Waals surface area contributed by atoms with Gasteiger partial charge in [-0.3, -0.25) is 5.10 Å². The van der Waals surface area contributed by atoms with E-state index in [4.69, 9.17) is 0 Å². The molecule has 0 bridgehead atoms. The number of hydrogen-bond donors (Lipinski definition) is 2. The molecule has 1 aromatic heterocycles. The number of piperidine rings is 1. The van der Waals surface area contributed by atoms with Crippen LogP contribution in [0.1, 0.15) is 54.5 Å². The molecule has 132 valence electrons. The summed E-state index contributed by atoms with van der Waals surface area (Å²) in [5, 5.41) is 10.2. The molecule has 2 heterocycles. The van der Waals surface area contributed by atoms with Crippen molar-refractivity contribution in [3.05, 3.63) is 53.1 Å². The van der Waals surface area contributed by atoms with Crippen LogP contribution in [0.25, 0.3) is 0 Å². The van der Waals surface area contributed by atoms with E-state index < -0.39 is 0 Å². The van der Waals surface area contributed by atoms with E-state index in [2.05, 4.69) is 15.5 Å². The molecule has 0 radical (unpaired) electrons. The van der Waals surface area contributed by atoms with Crippen molar-refractivity contribution in [1.82, 2.24) is 20.4 Å². The monoisotopic (exact) mass is 342 g/mol. The van der Waals surface area contributed by atoms with Crippen molar-refractivity contribution in [3.63, 3.8) is 0 Å². The van der Waals surface area contributed by atoms with Crippen molar-refractivity contribution in [1.29, 1.82) is 0 Å². The highest BCUT2D eigenvalue weighted by Gasteiger charge is 2.28. The summed E-state index contributed by atoms with van der Waals surface area (Å²) < 4.78 is 13.6. The van der Waals surface area contributed by atoms with Crippen LogP contribution in [0.5, 0.6) is 0 Å². The summed E-state index contributed by atoms with van der Waals surface area (Å²) in [5.41, 5.74) is 3.24. The van der Waals surface area contributed by atoms with Gasteiger partial charge in [0, 0.05) is 30.9 Å². The lowest BCUT2D eigenvalue weighted by atomic mass is 9.87. The van der Waals surface area contributed by atoms with Gasteiger partial charge in [-0.25, -0.2) is 9.18 Å². The molecule has 1 saturated heterocycles. The number of nitrogens with zero attached hydrogens (tertiary/aromatic N) is 2. The van der Waals surface area contributed by atoms with Crippen molar-refractivity contribution in [2.24, 2.45) is 0 Å². The van der Waals surface area contributed by atoms with E-state index in [1.807, 2.05) is 17.0 Å². The lowest BCUT2D eigenvalue weighted by molar-refractivity contribution is 0.176. The zero-order valence-corrected chi connectivity index (χ0v) is 14.2. The largest absolute Gasteiger partial charge is 0.331 e. The van der Waals surface area contributed by atoms with Crippen LogP contribution < -0.4 is 5.32 Å². The van der Waals surface area contributed by atoms with E-state index in [0.29, 0.717) is 5.92 Å². The van der Waals surface area contributed by atoms with Gasteiger partial charge in [0.2, 0.25) is 0 Å². The summed E-state index contributed by atoms with van der Waals surface area (Å²) in [4.78, 5) is 14.5. The number of amides is 2. The highest BCUT2D eigenvalue weighted by atomic mass is 19.1. The number of hydrogen-bond acceptors (Lipinski definition) is 2. The molecule has 1 aliphatic carbocycles. The third-order valence-electron chi connectivity index (χ3n) is 5.46. The first-order chi connectivity index (χ1) is 12.2. The predicted octanol–water partition coefficient (Wildman–Crippen LogP) is 3.52. The quantitative estimate of drug-likeness (QED) is 0.877. The number of fused-ring (bicyclic) bond motifs is 1. The van der Waals surface area contributed by atoms with Crippen LogP contribution in [0.4, 0.5) is 9.18 Å². The van der Waals surface area contributed by atoms with E-state index in [-0.39, 0.29) is 17.9 Å². The molecule has 2 amide bonds. The Morgan fingerprint density at radius 3 is 2.84 bits per heavy atom. The Bertz CT molecular complexity index is 738. The van der Waals surface area contributed by atoms with E-state index in [0.717, 1.165) is 62.0 Å². The van der Waals surface area contributed by atoms with Crippen LogP contribution >= 0.6 is 0 Å². The second-order valence-electron chi connectivity index (χ2n) is 7.01. The Kier molecular flexibility index (Phi) is 4.42. The third-order valence-corrected chi connectivity index (χ3v) is 5.46. The molecule has 1 fully saturated rings. The van der Waals surface area contributed by atoms with E-state index in [9.17, 15) is 9.18 Å². The molecule has 25 heavy (non-hydrogen) atoms. The average Bonchev–Trinajstić information content (AvgIpc) is 3.17. The number of urea groups is 1. The third kappa shape index (κ3) is 3.38. The average molecular weight is 342 g/mol. The summed E-state index contributed by atoms with van der Waals surface area (Å²) in [6.45, 7) is 1.47. The Balaban J connectivity index is 1.38. The minimum Gasteiger partial charge on any atom is -0.331 e. The van der Waals surface area contributed by atoms with Crippen LogP contribution in [0.15, 0.2) is 30.5 Å². The highest BCUT2D eigenvalue weighted by molar-refractivity contribution is 5.75. The minimum atomic E-state index is -0.236. The second-order valence-corrected chi connectivity index (χ2v) is 7.01. The Morgan fingerprint density at radius 1 is 1.24 bits per heavy atom. The molecular formula is C19H23FN4O. The minimum absolute atomic E-state index is 0.0369. The number of aryl methyl sites for hydroxylation is 1. The fourth-order valence-electron chi connectivity index (χ4n) is 4.05. The number of nitrogens with one attached hydrogen (secondary N) is 2. The van der Waals surface area contributed by atoms with Gasteiger partial charge >= 0.3 is 6.03 Å². The van der Waals surface area contributed by atoms with E-state index in [1.54, 1.807) is 12.3 Å².